The molecule has 4 nitrogen and oxygen atoms in total. The van der Waals surface area contributed by atoms with Crippen molar-refractivity contribution in [1.29, 1.82) is 0 Å². The summed E-state index contributed by atoms with van der Waals surface area (Å²) in [6.45, 7) is 2.01. The van der Waals surface area contributed by atoms with E-state index < -0.39 is 23.6 Å². The van der Waals surface area contributed by atoms with Gasteiger partial charge in [0.2, 0.25) is 5.91 Å². The maximum absolute atomic E-state index is 12.7. The quantitative estimate of drug-likeness (QED) is 0.837. The summed E-state index contributed by atoms with van der Waals surface area (Å²) >= 11 is 0. The zero-order chi connectivity index (χ0) is 17.2. The monoisotopic (exact) mass is 363 g/mol. The van der Waals surface area contributed by atoms with E-state index in [4.69, 9.17) is 5.11 Å². The molecule has 1 aromatic rings. The van der Waals surface area contributed by atoms with Crippen molar-refractivity contribution < 1.29 is 27.9 Å². The Morgan fingerprint density at radius 3 is 2.54 bits per heavy atom. The lowest BCUT2D eigenvalue weighted by Crippen LogP contribution is -2.28. The topological polar surface area (TPSA) is 57.6 Å². The number of aliphatic carboxylic acids is 1. The number of alkyl halides is 3. The zero-order valence-electron chi connectivity index (χ0n) is 12.8. The fraction of sp³-hybridized carbons (Fsp3) is 0.375. The number of carbonyl (C=O) groups is 2. The molecule has 0 spiro atoms. The highest BCUT2D eigenvalue weighted by atomic mass is 35.5. The van der Waals surface area contributed by atoms with Gasteiger partial charge < -0.3 is 10.0 Å². The van der Waals surface area contributed by atoms with Crippen molar-refractivity contribution in [3.05, 3.63) is 41.5 Å². The largest absolute Gasteiger partial charge is 0.481 e. The molecule has 0 saturated carbocycles. The highest BCUT2D eigenvalue weighted by Crippen LogP contribution is 2.31. The lowest BCUT2D eigenvalue weighted by molar-refractivity contribution is -0.141. The number of carbonyl (C=O) groups excluding carboxylic acids is 1. The highest BCUT2D eigenvalue weighted by molar-refractivity contribution is 5.95. The predicted molar refractivity (Wildman–Crippen MR) is 84.7 cm³/mol. The first-order chi connectivity index (χ1) is 10.7. The van der Waals surface area contributed by atoms with E-state index in [0.29, 0.717) is 24.1 Å². The van der Waals surface area contributed by atoms with Gasteiger partial charge in [-0.3, -0.25) is 9.59 Å². The molecule has 1 unspecified atom stereocenters. The van der Waals surface area contributed by atoms with E-state index in [9.17, 15) is 22.8 Å². The number of carboxylic acids is 1. The van der Waals surface area contributed by atoms with Gasteiger partial charge in [-0.1, -0.05) is 12.1 Å². The molecule has 1 amide bonds. The summed E-state index contributed by atoms with van der Waals surface area (Å²) in [7, 11) is 0. The Balaban J connectivity index is 0.00000288. The van der Waals surface area contributed by atoms with E-state index in [2.05, 4.69) is 0 Å². The summed E-state index contributed by atoms with van der Waals surface area (Å²) in [4.78, 5) is 24.4. The summed E-state index contributed by atoms with van der Waals surface area (Å²) in [6, 6.07) is 4.74. The molecule has 132 valence electrons. The second-order valence-electron chi connectivity index (χ2n) is 5.51. The van der Waals surface area contributed by atoms with Crippen LogP contribution in [0.3, 0.4) is 0 Å². The van der Waals surface area contributed by atoms with Crippen LogP contribution in [0, 0.1) is 5.92 Å². The molecule has 1 N–H and O–H groups in total. The van der Waals surface area contributed by atoms with Crippen LogP contribution >= 0.6 is 12.4 Å². The molecule has 0 aromatic heterocycles. The van der Waals surface area contributed by atoms with Crippen LogP contribution in [-0.4, -0.2) is 35.0 Å². The van der Waals surface area contributed by atoms with Crippen LogP contribution in [0.15, 0.2) is 30.3 Å². The van der Waals surface area contributed by atoms with E-state index >= 15 is 0 Å². The first-order valence-electron chi connectivity index (χ1n) is 7.06. The van der Waals surface area contributed by atoms with E-state index in [1.54, 1.807) is 6.92 Å². The van der Waals surface area contributed by atoms with Crippen LogP contribution in [0.1, 0.15) is 24.5 Å². The maximum Gasteiger partial charge on any atom is 0.416 e. The number of carboxylic acid groups (broad SMARTS) is 1. The first-order valence-corrected chi connectivity index (χ1v) is 7.06. The number of amides is 1. The zero-order valence-corrected chi connectivity index (χ0v) is 13.7. The molecule has 1 fully saturated rings. The van der Waals surface area contributed by atoms with Gasteiger partial charge in [0.15, 0.2) is 0 Å². The van der Waals surface area contributed by atoms with E-state index in [0.717, 1.165) is 12.1 Å². The summed E-state index contributed by atoms with van der Waals surface area (Å²) in [5.74, 6) is -1.91. The van der Waals surface area contributed by atoms with Gasteiger partial charge in [-0.05, 0) is 36.6 Å². The van der Waals surface area contributed by atoms with Gasteiger partial charge >= 0.3 is 12.1 Å². The number of halogens is 4. The third-order valence-corrected chi connectivity index (χ3v) is 3.83. The third-order valence-electron chi connectivity index (χ3n) is 3.83. The van der Waals surface area contributed by atoms with Gasteiger partial charge in [0.1, 0.15) is 0 Å². The lowest BCUT2D eigenvalue weighted by atomic mass is 10.0. The Labute approximate surface area is 143 Å². The summed E-state index contributed by atoms with van der Waals surface area (Å²) < 4.78 is 38.1. The minimum Gasteiger partial charge on any atom is -0.481 e. The molecule has 2 rings (SSSR count). The average molecular weight is 364 g/mol. The molecule has 1 aromatic carbocycles. The molecule has 1 saturated heterocycles. The van der Waals surface area contributed by atoms with Gasteiger partial charge in [0.25, 0.3) is 0 Å². The maximum atomic E-state index is 12.7. The highest BCUT2D eigenvalue weighted by Gasteiger charge is 2.31. The third kappa shape index (κ3) is 4.74. The molecular weight excluding hydrogens is 347 g/mol. The number of hydrogen-bond donors (Lipinski definition) is 1. The Hall–Kier alpha value is -2.02. The van der Waals surface area contributed by atoms with E-state index in [1.807, 2.05) is 0 Å². The van der Waals surface area contributed by atoms with Crippen molar-refractivity contribution in [3.63, 3.8) is 0 Å². The van der Waals surface area contributed by atoms with E-state index in [1.165, 1.54) is 23.1 Å². The summed E-state index contributed by atoms with van der Waals surface area (Å²) in [5.41, 5.74) is -0.0654. The van der Waals surface area contributed by atoms with Crippen molar-refractivity contribution >= 4 is 29.9 Å². The molecule has 1 aliphatic heterocycles. The molecule has 0 radical (unpaired) electrons. The van der Waals surface area contributed by atoms with Crippen molar-refractivity contribution in [3.8, 4) is 0 Å². The number of rotatable bonds is 3. The standard InChI is InChI=1S/C16H16F3NO3.ClH/c1-10(11-3-2-4-13(8-11)16(17,18)19)7-14(21)20-6-5-12(9-20)15(22)23;/h2-4,7-8,12H,5-6,9H2,1H3,(H,22,23);1H/b10-7+;. The van der Waals surface area contributed by atoms with Gasteiger partial charge in [-0.25, -0.2) is 0 Å². The second-order valence-corrected chi connectivity index (χ2v) is 5.51. The molecule has 0 aliphatic carbocycles. The molecule has 24 heavy (non-hydrogen) atoms. The number of likely N-dealkylation sites (tertiary alicyclic amines) is 1. The fourth-order valence-electron chi connectivity index (χ4n) is 2.46. The molecule has 1 aliphatic rings. The van der Waals surface area contributed by atoms with Gasteiger partial charge in [0, 0.05) is 19.2 Å². The average Bonchev–Trinajstić information content (AvgIpc) is 2.96. The van der Waals surface area contributed by atoms with E-state index in [-0.39, 0.29) is 24.9 Å². The minimum atomic E-state index is -4.44. The van der Waals surface area contributed by atoms with Crippen LogP contribution in [-0.2, 0) is 15.8 Å². The number of benzene rings is 1. The molecule has 8 heteroatoms. The second kappa shape index (κ2) is 7.70. The Bertz CT molecular complexity index is 658. The van der Waals surface area contributed by atoms with Crippen molar-refractivity contribution in [2.45, 2.75) is 19.5 Å². The smallest absolute Gasteiger partial charge is 0.416 e. The Morgan fingerprint density at radius 1 is 1.33 bits per heavy atom. The summed E-state index contributed by atoms with van der Waals surface area (Å²) in [5, 5.41) is 8.92. The number of hydrogen-bond acceptors (Lipinski definition) is 2. The van der Waals surface area contributed by atoms with Gasteiger partial charge in [0.05, 0.1) is 11.5 Å². The number of allylic oxidation sites excluding steroid dienone is 1. The Morgan fingerprint density at radius 2 is 2.00 bits per heavy atom. The molecule has 0 bridgehead atoms. The van der Waals surface area contributed by atoms with Crippen LogP contribution < -0.4 is 0 Å². The molecule has 1 atom stereocenters. The Kier molecular flexibility index (Phi) is 6.42. The van der Waals surface area contributed by atoms with Crippen molar-refractivity contribution in [2.24, 2.45) is 5.92 Å². The number of nitrogens with zero attached hydrogens (tertiary/aromatic N) is 1. The van der Waals surface area contributed by atoms with Crippen LogP contribution in [0.2, 0.25) is 0 Å². The lowest BCUT2D eigenvalue weighted by Gasteiger charge is -2.14. The van der Waals surface area contributed by atoms with Crippen LogP contribution in [0.5, 0.6) is 0 Å². The van der Waals surface area contributed by atoms with Gasteiger partial charge in [-0.2, -0.15) is 13.2 Å². The van der Waals surface area contributed by atoms with Gasteiger partial charge in [-0.15, -0.1) is 12.4 Å². The SMILES string of the molecule is C/C(=C\C(=O)N1CCC(C(=O)O)C1)c1cccc(C(F)(F)F)c1.Cl. The van der Waals surface area contributed by atoms with Crippen molar-refractivity contribution in [2.75, 3.05) is 13.1 Å². The fourth-order valence-corrected chi connectivity index (χ4v) is 2.46. The van der Waals surface area contributed by atoms with Crippen molar-refractivity contribution in [1.82, 2.24) is 4.90 Å². The predicted octanol–water partition coefficient (Wildman–Crippen LogP) is 3.46. The van der Waals surface area contributed by atoms with Crippen LogP contribution in [0.25, 0.3) is 5.57 Å². The normalized spacial score (nSPS) is 18.2. The molecular formula is C16H17ClF3NO3. The summed E-state index contributed by atoms with van der Waals surface area (Å²) in [6.07, 6.45) is -2.80. The van der Waals surface area contributed by atoms with Crippen LogP contribution in [0.4, 0.5) is 13.2 Å². The molecule has 1 heterocycles. The minimum absolute atomic E-state index is 0. The first kappa shape index (κ1) is 20.0.